The van der Waals surface area contributed by atoms with Gasteiger partial charge in [-0.3, -0.25) is 24.1 Å². The van der Waals surface area contributed by atoms with Crippen LogP contribution in [-0.4, -0.2) is 58.7 Å². The van der Waals surface area contributed by atoms with E-state index in [2.05, 4.69) is 33.2 Å². The molecule has 1 aliphatic rings. The summed E-state index contributed by atoms with van der Waals surface area (Å²) >= 11 is 2.13. The summed E-state index contributed by atoms with van der Waals surface area (Å²) in [5.41, 5.74) is 0.577. The van der Waals surface area contributed by atoms with Crippen LogP contribution in [0, 0.1) is 3.57 Å². The molecular weight excluding hydrogens is 529 g/mol. The van der Waals surface area contributed by atoms with Gasteiger partial charge in [-0.2, -0.15) is 0 Å². The lowest BCUT2D eigenvalue weighted by molar-refractivity contribution is -0.142. The third-order valence-corrected chi connectivity index (χ3v) is 5.53. The normalized spacial score (nSPS) is 13.8. The Labute approximate surface area is 199 Å². The highest BCUT2D eigenvalue weighted by Gasteiger charge is 2.23. The average molecular weight is 555 g/mol. The van der Waals surface area contributed by atoms with Gasteiger partial charge in [-0.05, 0) is 72.9 Å². The first-order valence-electron chi connectivity index (χ1n) is 10.4. The fraction of sp³-hybridized carbons (Fsp3) is 0.409. The Balaban J connectivity index is 1.61. The molecule has 32 heavy (non-hydrogen) atoms. The number of aliphatic carboxylic acids is 1. The van der Waals surface area contributed by atoms with Gasteiger partial charge in [-0.1, -0.05) is 6.07 Å². The van der Waals surface area contributed by atoms with Gasteiger partial charge in [0.1, 0.15) is 6.04 Å². The summed E-state index contributed by atoms with van der Waals surface area (Å²) in [6.45, 7) is 0.640. The van der Waals surface area contributed by atoms with Crippen molar-refractivity contribution in [2.75, 3.05) is 13.1 Å². The predicted molar refractivity (Wildman–Crippen MR) is 125 cm³/mol. The third-order valence-electron chi connectivity index (χ3n) is 4.86. The van der Waals surface area contributed by atoms with E-state index in [-0.39, 0.29) is 43.0 Å². The second-order valence-corrected chi connectivity index (χ2v) is 8.58. The van der Waals surface area contributed by atoms with Gasteiger partial charge in [0.05, 0.1) is 0 Å². The van der Waals surface area contributed by atoms with Gasteiger partial charge in [0, 0.05) is 40.8 Å². The van der Waals surface area contributed by atoms with Gasteiger partial charge in [0.25, 0.3) is 17.7 Å². The van der Waals surface area contributed by atoms with Gasteiger partial charge in [-0.25, -0.2) is 4.79 Å². The Morgan fingerprint density at radius 1 is 1.03 bits per heavy atom. The van der Waals surface area contributed by atoms with Gasteiger partial charge < -0.3 is 15.7 Å². The van der Waals surface area contributed by atoms with E-state index in [1.165, 1.54) is 12.2 Å². The molecular formula is C22H26IN3O6. The zero-order chi connectivity index (χ0) is 23.5. The van der Waals surface area contributed by atoms with Crippen molar-refractivity contribution in [2.45, 2.75) is 44.6 Å². The number of halogens is 1. The Bertz CT molecular complexity index is 883. The monoisotopic (exact) mass is 555 g/mol. The zero-order valence-corrected chi connectivity index (χ0v) is 19.7. The Hall–Kier alpha value is -2.76. The maximum absolute atomic E-state index is 12.1. The lowest BCUT2D eigenvalue weighted by atomic mass is 10.1. The number of imide groups is 1. The maximum Gasteiger partial charge on any atom is 0.326 e. The number of hydrogen-bond acceptors (Lipinski definition) is 5. The molecule has 0 saturated heterocycles. The molecule has 0 fully saturated rings. The summed E-state index contributed by atoms with van der Waals surface area (Å²) in [6.07, 6.45) is 4.77. The van der Waals surface area contributed by atoms with Crippen molar-refractivity contribution >= 4 is 52.2 Å². The molecule has 1 aliphatic heterocycles. The average Bonchev–Trinajstić information content (AvgIpc) is 3.07. The maximum atomic E-state index is 12.1. The summed E-state index contributed by atoms with van der Waals surface area (Å²) in [4.78, 5) is 59.6. The van der Waals surface area contributed by atoms with Crippen LogP contribution >= 0.6 is 22.6 Å². The van der Waals surface area contributed by atoms with Crippen LogP contribution in [-0.2, 0) is 19.2 Å². The highest BCUT2D eigenvalue weighted by atomic mass is 127. The first-order chi connectivity index (χ1) is 15.3. The number of carbonyl (C=O) groups excluding carboxylic acids is 4. The largest absolute Gasteiger partial charge is 0.480 e. The minimum absolute atomic E-state index is 0.158. The molecule has 1 aromatic carbocycles. The van der Waals surface area contributed by atoms with Gasteiger partial charge in [0.2, 0.25) is 5.91 Å². The van der Waals surface area contributed by atoms with E-state index in [0.717, 1.165) is 8.47 Å². The van der Waals surface area contributed by atoms with Crippen molar-refractivity contribution in [2.24, 2.45) is 0 Å². The van der Waals surface area contributed by atoms with E-state index >= 15 is 0 Å². The van der Waals surface area contributed by atoms with Crippen LogP contribution in [0.4, 0.5) is 0 Å². The molecule has 0 saturated carbocycles. The van der Waals surface area contributed by atoms with Crippen LogP contribution < -0.4 is 10.6 Å². The molecule has 1 atom stereocenters. The van der Waals surface area contributed by atoms with Crippen LogP contribution in [0.1, 0.15) is 48.9 Å². The van der Waals surface area contributed by atoms with E-state index in [4.69, 9.17) is 0 Å². The molecule has 172 valence electrons. The molecule has 0 spiro atoms. The van der Waals surface area contributed by atoms with Crippen molar-refractivity contribution in [3.8, 4) is 0 Å². The minimum atomic E-state index is -1.13. The molecule has 10 heteroatoms. The van der Waals surface area contributed by atoms with Crippen molar-refractivity contribution in [1.82, 2.24) is 15.5 Å². The number of rotatable bonds is 13. The fourth-order valence-corrected chi connectivity index (χ4v) is 3.68. The molecule has 1 aromatic rings. The van der Waals surface area contributed by atoms with Crippen LogP contribution in [0.2, 0.25) is 0 Å². The Morgan fingerprint density at radius 2 is 1.75 bits per heavy atom. The molecule has 0 unspecified atom stereocenters. The molecule has 0 bridgehead atoms. The second-order valence-electron chi connectivity index (χ2n) is 7.34. The number of nitrogens with one attached hydrogen (secondary N) is 2. The van der Waals surface area contributed by atoms with Gasteiger partial charge in [0.15, 0.2) is 0 Å². The topological polar surface area (TPSA) is 133 Å². The standard InChI is InChI=1S/C22H26IN3O6/c23-16-7-5-6-15(14-16)21(30)24-12-3-1-9-18(27)25-17(22(31)32)8-2-4-13-26-19(28)10-11-20(26)29/h5-7,10-11,14,17H,1-4,8-9,12-13H2,(H,24,30)(H,25,27)(H,31,32)/t17-/m0/s1. The van der Waals surface area contributed by atoms with E-state index in [9.17, 15) is 29.1 Å². The number of amides is 4. The van der Waals surface area contributed by atoms with Crippen molar-refractivity contribution in [3.05, 3.63) is 45.6 Å². The molecule has 2 rings (SSSR count). The SMILES string of the molecule is O=C(CCCCNC(=O)c1cccc(I)c1)N[C@@H](CCCCN1C(=O)C=CC1=O)C(=O)O. The highest BCUT2D eigenvalue weighted by Crippen LogP contribution is 2.09. The fourth-order valence-electron chi connectivity index (χ4n) is 3.14. The number of carboxylic acids is 1. The number of carboxylic acid groups (broad SMARTS) is 1. The third kappa shape index (κ3) is 8.40. The predicted octanol–water partition coefficient (Wildman–Crippen LogP) is 1.86. The number of benzene rings is 1. The van der Waals surface area contributed by atoms with Crippen LogP contribution in [0.25, 0.3) is 0 Å². The molecule has 0 aliphatic carbocycles. The lowest BCUT2D eigenvalue weighted by Gasteiger charge is -2.16. The number of nitrogens with zero attached hydrogens (tertiary/aromatic N) is 1. The van der Waals surface area contributed by atoms with Crippen molar-refractivity contribution in [3.63, 3.8) is 0 Å². The second kappa shape index (κ2) is 12.9. The van der Waals surface area contributed by atoms with Crippen LogP contribution in [0.15, 0.2) is 36.4 Å². The molecule has 3 N–H and O–H groups in total. The van der Waals surface area contributed by atoms with Gasteiger partial charge >= 0.3 is 5.97 Å². The summed E-state index contributed by atoms with van der Waals surface area (Å²) in [7, 11) is 0. The lowest BCUT2D eigenvalue weighted by Crippen LogP contribution is -2.40. The summed E-state index contributed by atoms with van der Waals surface area (Å²) in [5.74, 6) is -2.40. The highest BCUT2D eigenvalue weighted by molar-refractivity contribution is 14.1. The first-order valence-corrected chi connectivity index (χ1v) is 11.5. The Morgan fingerprint density at radius 3 is 2.41 bits per heavy atom. The van der Waals surface area contributed by atoms with Crippen LogP contribution in [0.5, 0.6) is 0 Å². The van der Waals surface area contributed by atoms with Crippen molar-refractivity contribution < 1.29 is 29.1 Å². The molecule has 0 aromatic heterocycles. The zero-order valence-electron chi connectivity index (χ0n) is 17.5. The van der Waals surface area contributed by atoms with E-state index in [1.807, 2.05) is 12.1 Å². The van der Waals surface area contributed by atoms with Gasteiger partial charge in [-0.15, -0.1) is 0 Å². The quantitative estimate of drug-likeness (QED) is 0.193. The Kier molecular flexibility index (Phi) is 10.3. The summed E-state index contributed by atoms with van der Waals surface area (Å²) < 4.78 is 0.968. The number of unbranched alkanes of at least 4 members (excludes halogenated alkanes) is 2. The van der Waals surface area contributed by atoms with E-state index < -0.39 is 12.0 Å². The van der Waals surface area contributed by atoms with E-state index in [0.29, 0.717) is 37.8 Å². The van der Waals surface area contributed by atoms with Crippen LogP contribution in [0.3, 0.4) is 0 Å². The number of carbonyl (C=O) groups is 5. The van der Waals surface area contributed by atoms with E-state index in [1.54, 1.807) is 12.1 Å². The molecule has 4 amide bonds. The molecule has 1 heterocycles. The number of hydrogen-bond donors (Lipinski definition) is 3. The molecule has 9 nitrogen and oxygen atoms in total. The minimum Gasteiger partial charge on any atom is -0.480 e. The summed E-state index contributed by atoms with van der Waals surface area (Å²) in [5, 5.41) is 14.6. The molecule has 0 radical (unpaired) electrons. The first kappa shape index (κ1) is 25.5. The van der Waals surface area contributed by atoms with Crippen molar-refractivity contribution in [1.29, 1.82) is 0 Å². The smallest absolute Gasteiger partial charge is 0.326 e. The summed E-state index contributed by atoms with van der Waals surface area (Å²) in [6, 6.07) is 6.20.